The van der Waals surface area contributed by atoms with E-state index in [9.17, 15) is 28.0 Å². The van der Waals surface area contributed by atoms with Crippen LogP contribution in [0.2, 0.25) is 5.02 Å². The lowest BCUT2D eigenvalue weighted by atomic mass is 9.79. The number of rotatable bonds is 7. The number of carbonyl (C=O) groups is 2. The fourth-order valence-electron chi connectivity index (χ4n) is 4.48. The predicted molar refractivity (Wildman–Crippen MR) is 132 cm³/mol. The van der Waals surface area contributed by atoms with Gasteiger partial charge in [0, 0.05) is 12.8 Å². The van der Waals surface area contributed by atoms with E-state index >= 15 is 0 Å². The van der Waals surface area contributed by atoms with E-state index in [1.54, 1.807) is 12.1 Å². The molecular weight excluding hydrogens is 508 g/mol. The van der Waals surface area contributed by atoms with Crippen molar-refractivity contribution in [3.8, 4) is 5.69 Å². The second-order valence-electron chi connectivity index (χ2n) is 8.95. The first-order valence-electron chi connectivity index (χ1n) is 11.6. The SMILES string of the molecule is NC(=O)Cn1c(=O)cnn(-c2ccc(Cl)c(C(=O)NC(c3ccccc3)C3CCC(F)(F)CC3)c2)c1=O. The first-order chi connectivity index (χ1) is 17.6. The molecule has 37 heavy (non-hydrogen) atoms. The van der Waals surface area contributed by atoms with Crippen LogP contribution in [0.4, 0.5) is 8.78 Å². The number of hydrogen-bond donors (Lipinski definition) is 2. The van der Waals surface area contributed by atoms with E-state index in [0.717, 1.165) is 16.4 Å². The lowest BCUT2D eigenvalue weighted by Gasteiger charge is -2.34. The molecule has 1 saturated carbocycles. The zero-order chi connectivity index (χ0) is 26.7. The van der Waals surface area contributed by atoms with Crippen LogP contribution >= 0.6 is 11.6 Å². The van der Waals surface area contributed by atoms with Gasteiger partial charge in [0.2, 0.25) is 11.8 Å². The standard InChI is InChI=1S/C25H24ClF2N5O4/c26-19-7-6-17(33-24(37)32(14-20(29)34)21(35)13-30-33)12-18(19)23(36)31-22(15-4-2-1-3-5-15)16-8-10-25(27,28)11-9-16/h1-7,12-13,16,22H,8-11,14H2,(H2,29,34)(H,31,36). The van der Waals surface area contributed by atoms with Crippen LogP contribution in [0.5, 0.6) is 0 Å². The van der Waals surface area contributed by atoms with Crippen LogP contribution in [-0.4, -0.2) is 32.1 Å². The summed E-state index contributed by atoms with van der Waals surface area (Å²) in [6.07, 6.45) is 0.803. The molecule has 1 aliphatic carbocycles. The molecule has 2 aromatic carbocycles. The molecule has 4 rings (SSSR count). The van der Waals surface area contributed by atoms with Crippen LogP contribution in [0.25, 0.3) is 5.69 Å². The number of benzene rings is 2. The maximum absolute atomic E-state index is 13.8. The minimum absolute atomic E-state index is 0.0163. The van der Waals surface area contributed by atoms with Gasteiger partial charge >= 0.3 is 5.69 Å². The summed E-state index contributed by atoms with van der Waals surface area (Å²) in [5.41, 5.74) is 4.30. The van der Waals surface area contributed by atoms with Gasteiger partial charge in [0.25, 0.3) is 11.5 Å². The minimum atomic E-state index is -2.72. The molecule has 0 aliphatic heterocycles. The highest BCUT2D eigenvalue weighted by Gasteiger charge is 2.38. The Kier molecular flexibility index (Phi) is 7.53. The summed E-state index contributed by atoms with van der Waals surface area (Å²) in [6, 6.07) is 12.7. The van der Waals surface area contributed by atoms with Crippen molar-refractivity contribution in [1.82, 2.24) is 19.7 Å². The van der Waals surface area contributed by atoms with Crippen molar-refractivity contribution in [1.29, 1.82) is 0 Å². The van der Waals surface area contributed by atoms with Crippen LogP contribution in [0.15, 0.2) is 64.3 Å². The predicted octanol–water partition coefficient (Wildman–Crippen LogP) is 2.83. The van der Waals surface area contributed by atoms with Gasteiger partial charge in [-0.25, -0.2) is 18.1 Å². The minimum Gasteiger partial charge on any atom is -0.368 e. The molecular formula is C25H24ClF2N5O4. The molecule has 0 radical (unpaired) electrons. The molecule has 3 N–H and O–H groups in total. The van der Waals surface area contributed by atoms with Crippen molar-refractivity contribution in [2.24, 2.45) is 11.7 Å². The van der Waals surface area contributed by atoms with E-state index in [2.05, 4.69) is 10.4 Å². The highest BCUT2D eigenvalue weighted by atomic mass is 35.5. The molecule has 0 spiro atoms. The first-order valence-corrected chi connectivity index (χ1v) is 11.9. The molecule has 194 valence electrons. The Morgan fingerprint density at radius 2 is 1.81 bits per heavy atom. The Morgan fingerprint density at radius 3 is 2.46 bits per heavy atom. The van der Waals surface area contributed by atoms with E-state index in [1.165, 1.54) is 18.2 Å². The van der Waals surface area contributed by atoms with Crippen molar-refractivity contribution in [3.63, 3.8) is 0 Å². The van der Waals surface area contributed by atoms with E-state index in [0.29, 0.717) is 4.57 Å². The monoisotopic (exact) mass is 531 g/mol. The maximum atomic E-state index is 13.8. The normalized spacial score (nSPS) is 16.2. The molecule has 1 aliphatic rings. The molecule has 9 nitrogen and oxygen atoms in total. The number of nitrogens with zero attached hydrogens (tertiary/aromatic N) is 3. The van der Waals surface area contributed by atoms with Gasteiger partial charge in [-0.3, -0.25) is 14.4 Å². The number of hydrogen-bond acceptors (Lipinski definition) is 5. The van der Waals surface area contributed by atoms with E-state index in [-0.39, 0.29) is 47.9 Å². The number of alkyl halides is 2. The fourth-order valence-corrected chi connectivity index (χ4v) is 4.68. The van der Waals surface area contributed by atoms with Crippen LogP contribution in [0.3, 0.4) is 0 Å². The zero-order valence-electron chi connectivity index (χ0n) is 19.6. The van der Waals surface area contributed by atoms with Gasteiger partial charge in [0.05, 0.1) is 22.3 Å². The summed E-state index contributed by atoms with van der Waals surface area (Å²) < 4.78 is 29.1. The lowest BCUT2D eigenvalue weighted by Crippen LogP contribution is -2.43. The van der Waals surface area contributed by atoms with E-state index in [1.807, 2.05) is 18.2 Å². The molecule has 1 unspecified atom stereocenters. The van der Waals surface area contributed by atoms with E-state index < -0.39 is 41.6 Å². The Bertz CT molecular complexity index is 1430. The molecule has 0 saturated heterocycles. The van der Waals surface area contributed by atoms with Crippen LogP contribution < -0.4 is 22.3 Å². The Hall–Kier alpha value is -3.86. The molecule has 1 heterocycles. The summed E-state index contributed by atoms with van der Waals surface area (Å²) in [6.45, 7) is -0.639. The highest BCUT2D eigenvalue weighted by molar-refractivity contribution is 6.33. The molecule has 2 amide bonds. The van der Waals surface area contributed by atoms with Crippen molar-refractivity contribution in [2.75, 3.05) is 0 Å². The Labute approximate surface area is 214 Å². The number of carbonyl (C=O) groups excluding carboxylic acids is 2. The summed E-state index contributed by atoms with van der Waals surface area (Å²) in [5.74, 6) is -4.39. The average molecular weight is 532 g/mol. The largest absolute Gasteiger partial charge is 0.368 e. The zero-order valence-corrected chi connectivity index (χ0v) is 20.3. The van der Waals surface area contributed by atoms with Gasteiger partial charge in [-0.05, 0) is 42.5 Å². The Balaban J connectivity index is 1.67. The topological polar surface area (TPSA) is 129 Å². The van der Waals surface area contributed by atoms with Crippen LogP contribution in [-0.2, 0) is 11.3 Å². The number of nitrogens with one attached hydrogen (secondary N) is 1. The third-order valence-electron chi connectivity index (χ3n) is 6.39. The van der Waals surface area contributed by atoms with Crippen molar-refractivity contribution < 1.29 is 18.4 Å². The van der Waals surface area contributed by atoms with Crippen molar-refractivity contribution in [3.05, 3.63) is 91.7 Å². The summed E-state index contributed by atoms with van der Waals surface area (Å²) >= 11 is 6.31. The van der Waals surface area contributed by atoms with Crippen LogP contribution in [0, 0.1) is 5.92 Å². The maximum Gasteiger partial charge on any atom is 0.352 e. The molecule has 12 heteroatoms. The van der Waals surface area contributed by atoms with E-state index in [4.69, 9.17) is 17.3 Å². The second kappa shape index (κ2) is 10.6. The highest BCUT2D eigenvalue weighted by Crippen LogP contribution is 2.41. The quantitative estimate of drug-likeness (QED) is 0.484. The number of halogens is 3. The van der Waals surface area contributed by atoms with Gasteiger partial charge in [-0.2, -0.15) is 9.78 Å². The summed E-state index contributed by atoms with van der Waals surface area (Å²) in [7, 11) is 0. The second-order valence-corrected chi connectivity index (χ2v) is 9.36. The van der Waals surface area contributed by atoms with Gasteiger partial charge in [-0.1, -0.05) is 41.9 Å². The third-order valence-corrected chi connectivity index (χ3v) is 6.72. The molecule has 3 aromatic rings. The third kappa shape index (κ3) is 5.93. The molecule has 1 atom stereocenters. The van der Waals surface area contributed by atoms with Gasteiger partial charge in [0.15, 0.2) is 0 Å². The van der Waals surface area contributed by atoms with Gasteiger partial charge < -0.3 is 11.1 Å². The van der Waals surface area contributed by atoms with Gasteiger partial charge in [0.1, 0.15) is 12.7 Å². The first kappa shape index (κ1) is 26.2. The van der Waals surface area contributed by atoms with Crippen molar-refractivity contribution in [2.45, 2.75) is 44.2 Å². The molecule has 1 fully saturated rings. The number of aromatic nitrogens is 3. The average Bonchev–Trinajstić information content (AvgIpc) is 2.86. The van der Waals surface area contributed by atoms with Crippen LogP contribution in [0.1, 0.15) is 47.6 Å². The molecule has 0 bridgehead atoms. The molecule has 1 aromatic heterocycles. The number of amides is 2. The van der Waals surface area contributed by atoms with Gasteiger partial charge in [-0.15, -0.1) is 0 Å². The number of primary amides is 1. The summed E-state index contributed by atoms with van der Waals surface area (Å²) in [5, 5.41) is 6.83. The Morgan fingerprint density at radius 1 is 1.14 bits per heavy atom. The fraction of sp³-hybridized carbons (Fsp3) is 0.320. The smallest absolute Gasteiger partial charge is 0.352 e. The van der Waals surface area contributed by atoms with Crippen molar-refractivity contribution >= 4 is 23.4 Å². The lowest BCUT2D eigenvalue weighted by molar-refractivity contribution is -0.118. The summed E-state index contributed by atoms with van der Waals surface area (Å²) in [4.78, 5) is 49.4. The number of nitrogens with two attached hydrogens (primary N) is 1.